The minimum absolute atomic E-state index is 0.250. The van der Waals surface area contributed by atoms with Crippen LogP contribution in [0.4, 0.5) is 0 Å². The fourth-order valence-corrected chi connectivity index (χ4v) is 22.0. The van der Waals surface area contributed by atoms with E-state index in [0.717, 1.165) is 0 Å². The van der Waals surface area contributed by atoms with Crippen molar-refractivity contribution in [2.45, 2.75) is 116 Å². The molecule has 0 radical (unpaired) electrons. The van der Waals surface area contributed by atoms with E-state index in [1.54, 1.807) is 0 Å². The average molecular weight is 453 g/mol. The van der Waals surface area contributed by atoms with Crippen molar-refractivity contribution >= 4 is 26.2 Å². The van der Waals surface area contributed by atoms with E-state index in [0.29, 0.717) is 30.1 Å². The lowest BCUT2D eigenvalue weighted by Crippen LogP contribution is -2.55. The third-order valence-electron chi connectivity index (χ3n) is 6.69. The van der Waals surface area contributed by atoms with Gasteiger partial charge >= 0.3 is 0 Å². The average Bonchev–Trinajstić information content (AvgIpc) is 3.31. The van der Waals surface area contributed by atoms with Crippen LogP contribution in [0.5, 0.6) is 0 Å². The molecule has 0 aliphatic heterocycles. The molecule has 1 fully saturated rings. The first-order valence-electron chi connectivity index (χ1n) is 11.5. The fourth-order valence-electron chi connectivity index (χ4n) is 5.89. The van der Waals surface area contributed by atoms with E-state index in [1.165, 1.54) is 12.0 Å². The van der Waals surface area contributed by atoms with Gasteiger partial charge < -0.3 is 0 Å². The van der Waals surface area contributed by atoms with Crippen molar-refractivity contribution in [3.05, 3.63) is 35.9 Å². The molecular weight excluding hydrogens is 407 g/mol. The van der Waals surface area contributed by atoms with Gasteiger partial charge in [0.1, 0.15) is 0 Å². The van der Waals surface area contributed by atoms with Crippen molar-refractivity contribution in [2.24, 2.45) is 0 Å². The van der Waals surface area contributed by atoms with Crippen molar-refractivity contribution < 1.29 is 0 Å². The van der Waals surface area contributed by atoms with Crippen molar-refractivity contribution in [2.75, 3.05) is 0 Å². The van der Waals surface area contributed by atoms with E-state index in [2.05, 4.69) is 115 Å². The van der Waals surface area contributed by atoms with Crippen LogP contribution in [0.3, 0.4) is 0 Å². The maximum Gasteiger partial charge on any atom is 0.0824 e. The lowest BCUT2D eigenvalue weighted by atomic mass is 10.1. The molecule has 0 N–H and O–H groups in total. The fraction of sp³-hybridized carbons (Fsp3) is 0.750. The molecule has 1 aliphatic rings. The van der Waals surface area contributed by atoms with Crippen molar-refractivity contribution in [1.82, 2.24) is 9.34 Å². The third kappa shape index (κ3) is 4.22. The highest BCUT2D eigenvalue weighted by molar-refractivity contribution is 8.14. The second-order valence-electron chi connectivity index (χ2n) is 11.0. The number of nitrogens with zero attached hydrogens (tertiary/aromatic N) is 2. The summed E-state index contributed by atoms with van der Waals surface area (Å²) in [6.07, 6.45) is -0.778. The Morgan fingerprint density at radius 3 is 1.52 bits per heavy atom. The summed E-state index contributed by atoms with van der Waals surface area (Å²) in [6.45, 7) is 26.6. The van der Waals surface area contributed by atoms with Crippen LogP contribution >= 0.6 is 6.34 Å². The molecule has 2 nitrogen and oxygen atoms in total. The van der Waals surface area contributed by atoms with Crippen LogP contribution in [0.1, 0.15) is 73.3 Å². The van der Waals surface area contributed by atoms with Crippen molar-refractivity contribution in [1.29, 1.82) is 0 Å². The highest BCUT2D eigenvalue weighted by Gasteiger charge is 2.72. The van der Waals surface area contributed by atoms with Gasteiger partial charge in [0, 0.05) is 28.9 Å². The molecule has 0 amide bonds. The normalized spacial score (nSPS) is 23.3. The van der Waals surface area contributed by atoms with Gasteiger partial charge in [-0.3, -0.25) is 9.34 Å². The molecule has 29 heavy (non-hydrogen) atoms. The Hall–Kier alpha value is 0.00688. The summed E-state index contributed by atoms with van der Waals surface area (Å²) in [5.41, 5.74) is 1.50. The molecular formula is C24H45N2PSSi. The molecule has 2 atom stereocenters. The Bertz CT molecular complexity index is 686. The minimum atomic E-state index is -2.04. The van der Waals surface area contributed by atoms with Gasteiger partial charge in [0.25, 0.3) is 0 Å². The predicted molar refractivity (Wildman–Crippen MR) is 138 cm³/mol. The quantitative estimate of drug-likeness (QED) is 0.286. The molecule has 5 heteroatoms. The predicted octanol–water partition coefficient (Wildman–Crippen LogP) is 7.34. The third-order valence-corrected chi connectivity index (χ3v) is 20.0. The standard InChI is InChI=1S/C24H45N2PSSi/c1-18(2)25(19(3)4)27(28,26(20(5)6)21(7)8)24(29(9,10)11)17-23(24)22-15-13-12-14-16-22/h12-16,18-21,23H,17H2,1-11H3/t23-,24+/m1/s1. The Balaban J connectivity index is 2.82. The number of hydrogen-bond donors (Lipinski definition) is 0. The molecule has 0 saturated heterocycles. The highest BCUT2D eigenvalue weighted by Crippen LogP contribution is 2.82. The second-order valence-corrected chi connectivity index (χ2v) is 21.2. The Morgan fingerprint density at radius 1 is 0.828 bits per heavy atom. The van der Waals surface area contributed by atoms with E-state index < -0.39 is 14.4 Å². The smallest absolute Gasteiger partial charge is 0.0824 e. The first-order valence-corrected chi connectivity index (χ1v) is 17.7. The SMILES string of the molecule is CC(C)N(C(C)C)P(=S)(N(C(C)C)C(C)C)[C@]1([Si](C)(C)C)C[C@@H]1c1ccccc1. The molecule has 0 unspecified atom stereocenters. The van der Waals surface area contributed by atoms with Gasteiger partial charge in [-0.25, -0.2) is 0 Å². The number of benzene rings is 1. The van der Waals surface area contributed by atoms with E-state index >= 15 is 0 Å². The van der Waals surface area contributed by atoms with E-state index in [1.807, 2.05) is 0 Å². The van der Waals surface area contributed by atoms with Gasteiger partial charge in [0.2, 0.25) is 0 Å². The molecule has 0 heterocycles. The topological polar surface area (TPSA) is 6.48 Å². The molecule has 0 spiro atoms. The first-order chi connectivity index (χ1) is 13.2. The van der Waals surface area contributed by atoms with Gasteiger partial charge in [-0.1, -0.05) is 61.8 Å². The summed E-state index contributed by atoms with van der Waals surface area (Å²) >= 11 is 7.07. The zero-order valence-electron chi connectivity index (χ0n) is 20.7. The molecule has 1 saturated carbocycles. The molecule has 1 aliphatic carbocycles. The first kappa shape index (κ1) is 25.3. The van der Waals surface area contributed by atoms with E-state index in [9.17, 15) is 0 Å². The van der Waals surface area contributed by atoms with Crippen LogP contribution in [-0.2, 0) is 11.8 Å². The molecule has 0 aromatic heterocycles. The molecule has 1 aromatic carbocycles. The lowest BCUT2D eigenvalue weighted by molar-refractivity contribution is 0.251. The van der Waals surface area contributed by atoms with Crippen LogP contribution in [0, 0.1) is 0 Å². The molecule has 2 rings (SSSR count). The zero-order valence-corrected chi connectivity index (χ0v) is 23.4. The van der Waals surface area contributed by atoms with Crippen LogP contribution in [0.2, 0.25) is 19.6 Å². The van der Waals surface area contributed by atoms with E-state index in [4.69, 9.17) is 11.8 Å². The summed E-state index contributed by atoms with van der Waals surface area (Å²) < 4.78 is 5.81. The lowest BCUT2D eigenvalue weighted by Gasteiger charge is -2.57. The second kappa shape index (κ2) is 8.86. The van der Waals surface area contributed by atoms with Crippen molar-refractivity contribution in [3.63, 3.8) is 0 Å². The van der Waals surface area contributed by atoms with Crippen molar-refractivity contribution in [3.8, 4) is 0 Å². The Labute approximate surface area is 187 Å². The molecule has 166 valence electrons. The van der Waals surface area contributed by atoms with Gasteiger partial charge in [-0.15, -0.1) is 0 Å². The summed E-state index contributed by atoms with van der Waals surface area (Å²) in [4.78, 5) is 0. The molecule has 1 aromatic rings. The Kier molecular flexibility index (Phi) is 7.72. The zero-order chi connectivity index (χ0) is 22.4. The maximum absolute atomic E-state index is 7.07. The van der Waals surface area contributed by atoms with Crippen LogP contribution in [-0.4, -0.2) is 46.4 Å². The summed E-state index contributed by atoms with van der Waals surface area (Å²) in [6, 6.07) is 13.0. The monoisotopic (exact) mass is 452 g/mol. The maximum atomic E-state index is 7.07. The van der Waals surface area contributed by atoms with Crippen LogP contribution < -0.4 is 0 Å². The number of hydrogen-bond acceptors (Lipinski definition) is 1. The summed E-state index contributed by atoms with van der Waals surface area (Å²) in [5, 5.41) is 0. The largest absolute Gasteiger partial charge is 0.258 e. The minimum Gasteiger partial charge on any atom is -0.258 e. The van der Waals surface area contributed by atoms with E-state index in [-0.39, 0.29) is 4.78 Å². The van der Waals surface area contributed by atoms with Crippen LogP contribution in [0.15, 0.2) is 30.3 Å². The summed E-state index contributed by atoms with van der Waals surface area (Å²) in [5.74, 6) is 0.598. The van der Waals surface area contributed by atoms with Gasteiger partial charge in [0.15, 0.2) is 0 Å². The summed E-state index contributed by atoms with van der Waals surface area (Å²) in [7, 11) is -1.60. The molecule has 0 bridgehead atoms. The van der Waals surface area contributed by atoms with Gasteiger partial charge in [-0.05, 0) is 73.3 Å². The Morgan fingerprint density at radius 2 is 1.21 bits per heavy atom. The van der Waals surface area contributed by atoms with Gasteiger partial charge in [-0.2, -0.15) is 0 Å². The van der Waals surface area contributed by atoms with Crippen LogP contribution in [0.25, 0.3) is 0 Å². The highest BCUT2D eigenvalue weighted by atomic mass is 32.4. The van der Waals surface area contributed by atoms with Gasteiger partial charge in [0.05, 0.1) is 14.4 Å². The number of rotatable bonds is 9.